The lowest BCUT2D eigenvalue weighted by Gasteiger charge is -2.05. The predicted molar refractivity (Wildman–Crippen MR) is 68.0 cm³/mol. The molecule has 0 saturated carbocycles. The van der Waals surface area contributed by atoms with Crippen LogP contribution in [0, 0.1) is 0 Å². The largest absolute Gasteiger partial charge is 0.497 e. The van der Waals surface area contributed by atoms with Gasteiger partial charge in [0.05, 0.1) is 7.11 Å². The van der Waals surface area contributed by atoms with Gasteiger partial charge in [-0.25, -0.2) is 0 Å². The molecule has 0 amide bonds. The number of ether oxygens (including phenoxy) is 1. The number of unbranched alkanes of at least 4 members (excludes halogenated alkanes) is 2. The first-order chi connectivity index (χ1) is 7.85. The average molecular weight is 217 g/mol. The van der Waals surface area contributed by atoms with Crippen molar-refractivity contribution < 1.29 is 4.74 Å². The van der Waals surface area contributed by atoms with Crippen molar-refractivity contribution in [2.24, 2.45) is 0 Å². The molecule has 16 heavy (non-hydrogen) atoms. The lowest BCUT2D eigenvalue weighted by molar-refractivity contribution is 0.415. The summed E-state index contributed by atoms with van der Waals surface area (Å²) in [6.45, 7) is 3.35. The molecule has 0 atom stereocenters. The summed E-state index contributed by atoms with van der Waals surface area (Å²) in [6, 6.07) is 8.41. The van der Waals surface area contributed by atoms with E-state index in [1.54, 1.807) is 7.11 Å². The van der Waals surface area contributed by atoms with Gasteiger partial charge in [-0.15, -0.1) is 0 Å². The molecule has 1 heterocycles. The van der Waals surface area contributed by atoms with Crippen LogP contribution < -0.4 is 4.74 Å². The molecule has 0 N–H and O–H groups in total. The van der Waals surface area contributed by atoms with Crippen molar-refractivity contribution in [1.82, 2.24) is 4.57 Å². The van der Waals surface area contributed by atoms with Gasteiger partial charge in [-0.1, -0.05) is 19.8 Å². The second kappa shape index (κ2) is 5.06. The maximum absolute atomic E-state index is 5.22. The molecule has 2 rings (SSSR count). The molecule has 2 aromatic rings. The number of methoxy groups -OCH3 is 1. The van der Waals surface area contributed by atoms with Crippen LogP contribution in [-0.2, 0) is 6.54 Å². The first-order valence-corrected chi connectivity index (χ1v) is 5.98. The van der Waals surface area contributed by atoms with Gasteiger partial charge in [0.25, 0.3) is 0 Å². The van der Waals surface area contributed by atoms with Crippen LogP contribution in [0.1, 0.15) is 26.2 Å². The van der Waals surface area contributed by atoms with Crippen molar-refractivity contribution >= 4 is 10.9 Å². The lowest BCUT2D eigenvalue weighted by atomic mass is 10.2. The van der Waals surface area contributed by atoms with E-state index in [0.717, 1.165) is 12.3 Å². The molecule has 0 fully saturated rings. The summed E-state index contributed by atoms with van der Waals surface area (Å²) in [4.78, 5) is 0. The third kappa shape index (κ3) is 2.21. The molecule has 0 aliphatic rings. The summed E-state index contributed by atoms with van der Waals surface area (Å²) in [5.41, 5.74) is 1.30. The van der Waals surface area contributed by atoms with Gasteiger partial charge in [0.2, 0.25) is 0 Å². The van der Waals surface area contributed by atoms with Crippen molar-refractivity contribution in [3.05, 3.63) is 30.5 Å². The third-order valence-corrected chi connectivity index (χ3v) is 2.98. The summed E-state index contributed by atoms with van der Waals surface area (Å²) in [6.07, 6.45) is 5.99. The van der Waals surface area contributed by atoms with Crippen molar-refractivity contribution in [2.75, 3.05) is 7.11 Å². The fourth-order valence-corrected chi connectivity index (χ4v) is 2.03. The highest BCUT2D eigenvalue weighted by Crippen LogP contribution is 2.22. The van der Waals surface area contributed by atoms with Crippen LogP contribution in [0.5, 0.6) is 5.75 Å². The number of fused-ring (bicyclic) bond motifs is 1. The molecule has 0 bridgehead atoms. The van der Waals surface area contributed by atoms with Crippen LogP contribution in [0.3, 0.4) is 0 Å². The van der Waals surface area contributed by atoms with Gasteiger partial charge >= 0.3 is 0 Å². The Kier molecular flexibility index (Phi) is 3.50. The first kappa shape index (κ1) is 11.1. The molecule has 2 heteroatoms. The summed E-state index contributed by atoms with van der Waals surface area (Å²) in [5, 5.41) is 1.26. The normalized spacial score (nSPS) is 10.9. The van der Waals surface area contributed by atoms with E-state index in [2.05, 4.69) is 35.9 Å². The highest BCUT2D eigenvalue weighted by atomic mass is 16.5. The number of aromatic nitrogens is 1. The lowest BCUT2D eigenvalue weighted by Crippen LogP contribution is -1.95. The van der Waals surface area contributed by atoms with Crippen LogP contribution >= 0.6 is 0 Å². The highest BCUT2D eigenvalue weighted by Gasteiger charge is 2.01. The van der Waals surface area contributed by atoms with E-state index in [0.29, 0.717) is 0 Å². The molecule has 2 nitrogen and oxygen atoms in total. The predicted octanol–water partition coefficient (Wildman–Crippen LogP) is 3.84. The van der Waals surface area contributed by atoms with E-state index >= 15 is 0 Å². The first-order valence-electron chi connectivity index (χ1n) is 5.98. The fourth-order valence-electron chi connectivity index (χ4n) is 2.03. The molecule has 1 aromatic carbocycles. The number of hydrogen-bond donors (Lipinski definition) is 0. The molecule has 0 saturated heterocycles. The molecule has 86 valence electrons. The Labute approximate surface area is 96.8 Å². The average Bonchev–Trinajstić information content (AvgIpc) is 2.72. The van der Waals surface area contributed by atoms with Crippen LogP contribution in [0.15, 0.2) is 30.5 Å². The number of benzene rings is 1. The topological polar surface area (TPSA) is 14.2 Å². The number of nitrogens with zero attached hydrogens (tertiary/aromatic N) is 1. The number of rotatable bonds is 5. The van der Waals surface area contributed by atoms with E-state index in [-0.39, 0.29) is 0 Å². The second-order valence-corrected chi connectivity index (χ2v) is 4.14. The van der Waals surface area contributed by atoms with E-state index in [1.165, 1.54) is 30.2 Å². The van der Waals surface area contributed by atoms with Crippen LogP contribution in [0.25, 0.3) is 10.9 Å². The number of hydrogen-bond acceptors (Lipinski definition) is 1. The summed E-state index contributed by atoms with van der Waals surface area (Å²) in [5.74, 6) is 0.929. The van der Waals surface area contributed by atoms with E-state index in [9.17, 15) is 0 Å². The minimum atomic E-state index is 0.929. The summed E-state index contributed by atoms with van der Waals surface area (Å²) >= 11 is 0. The van der Waals surface area contributed by atoms with E-state index in [4.69, 9.17) is 4.74 Å². The Bertz CT molecular complexity index is 459. The molecule has 0 aliphatic carbocycles. The highest BCUT2D eigenvalue weighted by molar-refractivity contribution is 5.81. The van der Waals surface area contributed by atoms with Gasteiger partial charge in [0, 0.05) is 23.6 Å². The Hall–Kier alpha value is -1.44. The fraction of sp³-hybridized carbons (Fsp3) is 0.429. The molecule has 1 aromatic heterocycles. The van der Waals surface area contributed by atoms with Crippen LogP contribution in [0.2, 0.25) is 0 Å². The zero-order valence-electron chi connectivity index (χ0n) is 10.1. The Morgan fingerprint density at radius 3 is 2.81 bits per heavy atom. The maximum atomic E-state index is 5.22. The Morgan fingerprint density at radius 1 is 1.19 bits per heavy atom. The third-order valence-electron chi connectivity index (χ3n) is 2.98. The SMILES string of the molecule is CCCCCn1ccc2cc(OC)ccc21. The molecule has 0 spiro atoms. The number of aryl methyl sites for hydroxylation is 1. The molecule has 0 radical (unpaired) electrons. The van der Waals surface area contributed by atoms with Crippen LogP contribution in [-0.4, -0.2) is 11.7 Å². The summed E-state index contributed by atoms with van der Waals surface area (Å²) < 4.78 is 7.54. The van der Waals surface area contributed by atoms with Gasteiger partial charge < -0.3 is 9.30 Å². The quantitative estimate of drug-likeness (QED) is 0.694. The molecular weight excluding hydrogens is 198 g/mol. The van der Waals surface area contributed by atoms with Crippen molar-refractivity contribution in [2.45, 2.75) is 32.7 Å². The molecular formula is C14H19NO. The van der Waals surface area contributed by atoms with Gasteiger partial charge in [-0.3, -0.25) is 0 Å². The summed E-state index contributed by atoms with van der Waals surface area (Å²) in [7, 11) is 1.71. The van der Waals surface area contributed by atoms with E-state index in [1.807, 2.05) is 6.07 Å². The second-order valence-electron chi connectivity index (χ2n) is 4.14. The minimum Gasteiger partial charge on any atom is -0.497 e. The van der Waals surface area contributed by atoms with Crippen molar-refractivity contribution in [3.8, 4) is 5.75 Å². The maximum Gasteiger partial charge on any atom is 0.119 e. The van der Waals surface area contributed by atoms with E-state index < -0.39 is 0 Å². The van der Waals surface area contributed by atoms with Gasteiger partial charge in [-0.2, -0.15) is 0 Å². The zero-order valence-corrected chi connectivity index (χ0v) is 10.1. The zero-order chi connectivity index (χ0) is 11.4. The van der Waals surface area contributed by atoms with Gasteiger partial charge in [-0.05, 0) is 30.7 Å². The monoisotopic (exact) mass is 217 g/mol. The molecule has 0 unspecified atom stereocenters. The smallest absolute Gasteiger partial charge is 0.119 e. The van der Waals surface area contributed by atoms with Crippen molar-refractivity contribution in [3.63, 3.8) is 0 Å². The Morgan fingerprint density at radius 2 is 2.06 bits per heavy atom. The van der Waals surface area contributed by atoms with Gasteiger partial charge in [0.1, 0.15) is 5.75 Å². The standard InChI is InChI=1S/C14H19NO/c1-3-4-5-9-15-10-8-12-11-13(16-2)6-7-14(12)15/h6-8,10-11H,3-5,9H2,1-2H3. The van der Waals surface area contributed by atoms with Crippen molar-refractivity contribution in [1.29, 1.82) is 0 Å². The molecule has 0 aliphatic heterocycles. The minimum absolute atomic E-state index is 0.929. The van der Waals surface area contributed by atoms with Gasteiger partial charge in [0.15, 0.2) is 0 Å². The van der Waals surface area contributed by atoms with Crippen LogP contribution in [0.4, 0.5) is 0 Å². The Balaban J connectivity index is 2.20.